The second-order valence-electron chi connectivity index (χ2n) is 31.2. The Morgan fingerprint density at radius 2 is 0.311 bits per heavy atom. The molecular weight excluding hydrogens is 1080 g/mol. The molecule has 90 heavy (non-hydrogen) atoms. The maximum absolute atomic E-state index is 11.9. The monoisotopic (exact) mass is 1180 g/mol. The molecule has 0 aromatic heterocycles. The van der Waals surface area contributed by atoms with Crippen LogP contribution in [0.1, 0.15) is 161 Å². The second kappa shape index (κ2) is 24.0. The molecule has 0 heterocycles. The quantitative estimate of drug-likeness (QED) is 0.128. The van der Waals surface area contributed by atoms with Gasteiger partial charge >= 0.3 is 0 Å². The molecule has 0 aliphatic heterocycles. The minimum absolute atomic E-state index is 0.189. The molecule has 11 aromatic carbocycles. The van der Waals surface area contributed by atoms with Gasteiger partial charge in [0, 0.05) is 0 Å². The van der Waals surface area contributed by atoms with Gasteiger partial charge in [-0.2, -0.15) is 0 Å². The van der Waals surface area contributed by atoms with E-state index in [2.05, 4.69) is 355 Å². The third-order valence-electron chi connectivity index (χ3n) is 18.1. The second-order valence-corrected chi connectivity index (χ2v) is 31.2. The number of hydrogen-bond acceptors (Lipinski definition) is 0. The lowest BCUT2D eigenvalue weighted by Gasteiger charge is -2.28. The Labute approximate surface area is 544 Å². The molecule has 0 nitrogen and oxygen atoms in total. The van der Waals surface area contributed by atoms with Crippen molar-refractivity contribution < 1.29 is 2.74 Å². The van der Waals surface area contributed by atoms with Crippen LogP contribution in [0.5, 0.6) is 0 Å². The van der Waals surface area contributed by atoms with Gasteiger partial charge in [-0.3, -0.25) is 0 Å². The maximum Gasteiger partial charge on any atom is 0.0636 e. The molecule has 0 atom stereocenters. The van der Waals surface area contributed by atoms with E-state index in [0.29, 0.717) is 34.3 Å². The highest BCUT2D eigenvalue weighted by Gasteiger charge is 2.30. The summed E-state index contributed by atoms with van der Waals surface area (Å²) >= 11 is 0. The Morgan fingerprint density at radius 3 is 0.511 bits per heavy atom. The Kier molecular flexibility index (Phi) is 16.1. The predicted octanol–water partition coefficient (Wildman–Crippen LogP) is 26.1. The van der Waals surface area contributed by atoms with Crippen LogP contribution in [0.4, 0.5) is 0 Å². The zero-order valence-electron chi connectivity index (χ0n) is 58.9. The van der Waals surface area contributed by atoms with E-state index in [1.807, 2.05) is 0 Å². The smallest absolute Gasteiger partial charge is 0.0619 e. The molecule has 0 fully saturated rings. The summed E-state index contributed by atoms with van der Waals surface area (Å²) in [4.78, 5) is 0. The summed E-state index contributed by atoms with van der Waals surface area (Å²) in [6.07, 6.45) is 0. The van der Waals surface area contributed by atoms with E-state index < -0.39 is 0 Å². The summed E-state index contributed by atoms with van der Waals surface area (Å²) in [6, 6.07) is 85.4. The molecular formula is C90H94. The van der Waals surface area contributed by atoms with E-state index in [1.54, 1.807) is 0 Å². The minimum atomic E-state index is -0.216. The van der Waals surface area contributed by atoms with Gasteiger partial charge < -0.3 is 0 Å². The maximum atomic E-state index is 11.9. The van der Waals surface area contributed by atoms with Crippen LogP contribution in [-0.2, 0) is 32.5 Å². The molecule has 0 radical (unpaired) electrons. The molecule has 0 N–H and O–H groups in total. The first-order chi connectivity index (χ1) is 43.3. The fourth-order valence-corrected chi connectivity index (χ4v) is 13.7. The van der Waals surface area contributed by atoms with Gasteiger partial charge in [-0.15, -0.1) is 0 Å². The fraction of sp³-hybridized carbons (Fsp3) is 0.267. The highest BCUT2D eigenvalue weighted by molar-refractivity contribution is 6.03. The van der Waals surface area contributed by atoms with Crippen molar-refractivity contribution in [2.24, 2.45) is 0 Å². The van der Waals surface area contributed by atoms with Gasteiger partial charge in [-0.25, -0.2) is 0 Å². The number of hydrogen-bond donors (Lipinski definition) is 0. The van der Waals surface area contributed by atoms with E-state index >= 15 is 0 Å². The molecule has 0 aliphatic carbocycles. The molecule has 11 rings (SSSR count). The number of benzene rings is 11. The van der Waals surface area contributed by atoms with Crippen molar-refractivity contribution in [3.05, 3.63) is 276 Å². The lowest BCUT2D eigenvalue weighted by atomic mass is 9.76. The van der Waals surface area contributed by atoms with Gasteiger partial charge in [0.15, 0.2) is 0 Å². The van der Waals surface area contributed by atoms with Crippen molar-refractivity contribution in [3.63, 3.8) is 0 Å². The van der Waals surface area contributed by atoms with E-state index in [0.717, 1.165) is 89.0 Å². The Bertz CT molecular complexity index is 4130. The first-order valence-electron chi connectivity index (χ1n) is 33.6. The van der Waals surface area contributed by atoms with E-state index in [9.17, 15) is 2.74 Å². The van der Waals surface area contributed by atoms with Crippen LogP contribution < -0.4 is 0 Å². The van der Waals surface area contributed by atoms with Crippen molar-refractivity contribution in [2.75, 3.05) is 0 Å². The summed E-state index contributed by atoms with van der Waals surface area (Å²) in [5.41, 5.74) is 25.7. The molecule has 0 aliphatic rings. The van der Waals surface area contributed by atoms with E-state index in [-0.39, 0.29) is 32.5 Å². The first kappa shape index (κ1) is 60.3. The minimum Gasteiger partial charge on any atom is -0.0619 e. The van der Waals surface area contributed by atoms with Crippen LogP contribution in [0.3, 0.4) is 0 Å². The fourth-order valence-electron chi connectivity index (χ4n) is 13.7. The number of rotatable bonds is 10. The molecule has 0 saturated heterocycles. The normalized spacial score (nSPS) is 12.9. The average molecular weight is 1180 g/mol. The standard InChI is InChI=1S/C90H94/c1-85(2,3)79-45-29-23-35-65(79)59-51-60(66-36-24-30-46-80(66)86(4,5)6)54-63(53-59)75-57-78(72-42-22-20-40-70(72)74-44-28-34-50-84(74)90(16,17)18)76(58-77(75)71-41-21-19-39-69(71)73-43-27-33-49-83(73)89(13,14)15)64-55-61(67-37-25-31-47-81(67)87(7,8)9)52-62(56-64)68-38-26-32-48-82(68)88(10,11)12/h19-58H,1-18H3/i57D,58D. The largest absolute Gasteiger partial charge is 0.0636 e. The summed E-state index contributed by atoms with van der Waals surface area (Å²) in [5.74, 6) is 0. The Hall–Kier alpha value is -8.58. The van der Waals surface area contributed by atoms with Gasteiger partial charge in [0.1, 0.15) is 0 Å². The van der Waals surface area contributed by atoms with Crippen LogP contribution in [-0.4, -0.2) is 0 Å². The zero-order chi connectivity index (χ0) is 66.0. The molecule has 0 spiro atoms. The molecule has 454 valence electrons. The van der Waals surface area contributed by atoms with Crippen LogP contribution in [0, 0.1) is 0 Å². The molecule has 0 heteroatoms. The van der Waals surface area contributed by atoms with Gasteiger partial charge in [0.2, 0.25) is 0 Å². The van der Waals surface area contributed by atoms with E-state index in [4.69, 9.17) is 0 Å². The van der Waals surface area contributed by atoms with Gasteiger partial charge in [-0.1, -0.05) is 319 Å². The molecule has 0 unspecified atom stereocenters. The molecule has 11 aromatic rings. The summed E-state index contributed by atoms with van der Waals surface area (Å²) in [7, 11) is 0. The SMILES string of the molecule is [2H]c1c(-c2cc(-c3ccccc3C(C)(C)C)cc(-c3ccccc3C(C)(C)C)c2)c(-c2ccccc2-c2ccccc2C(C)(C)C)c([2H])c(-c2cc(-c3ccccc3C(C)(C)C)cc(-c3ccccc3C(C)(C)C)c2)c1-c1ccccc1-c1ccccc1C(C)(C)C. The van der Waals surface area contributed by atoms with Crippen LogP contribution >= 0.6 is 0 Å². The Balaban J connectivity index is 1.42. The summed E-state index contributed by atoms with van der Waals surface area (Å²) < 4.78 is 23.7. The van der Waals surface area contributed by atoms with Gasteiger partial charge in [0.05, 0.1) is 2.74 Å². The van der Waals surface area contributed by atoms with Crippen molar-refractivity contribution in [3.8, 4) is 111 Å². The van der Waals surface area contributed by atoms with Crippen molar-refractivity contribution in [1.29, 1.82) is 0 Å². The van der Waals surface area contributed by atoms with E-state index in [1.165, 1.54) is 33.4 Å². The van der Waals surface area contributed by atoms with Gasteiger partial charge in [0.25, 0.3) is 0 Å². The summed E-state index contributed by atoms with van der Waals surface area (Å²) in [6.45, 7) is 41.3. The third-order valence-corrected chi connectivity index (χ3v) is 18.1. The van der Waals surface area contributed by atoms with Crippen LogP contribution in [0.25, 0.3) is 111 Å². The van der Waals surface area contributed by atoms with Gasteiger partial charge in [-0.05, 0) is 226 Å². The third kappa shape index (κ3) is 12.8. The first-order valence-corrected chi connectivity index (χ1v) is 32.6. The molecule has 0 saturated carbocycles. The van der Waals surface area contributed by atoms with Crippen molar-refractivity contribution >= 4 is 0 Å². The Morgan fingerprint density at radius 1 is 0.167 bits per heavy atom. The topological polar surface area (TPSA) is 0 Å². The molecule has 0 bridgehead atoms. The molecule has 0 amide bonds. The zero-order valence-corrected chi connectivity index (χ0v) is 56.9. The predicted molar refractivity (Wildman–Crippen MR) is 393 cm³/mol. The van der Waals surface area contributed by atoms with Crippen molar-refractivity contribution in [1.82, 2.24) is 0 Å². The highest BCUT2D eigenvalue weighted by Crippen LogP contribution is 2.52. The van der Waals surface area contributed by atoms with Crippen LogP contribution in [0.15, 0.2) is 243 Å². The lowest BCUT2D eigenvalue weighted by Crippen LogP contribution is -2.13. The van der Waals surface area contributed by atoms with Crippen LogP contribution in [0.2, 0.25) is 0 Å². The highest BCUT2D eigenvalue weighted by atomic mass is 14.3. The summed E-state index contributed by atoms with van der Waals surface area (Å²) in [5, 5.41) is 0. The van der Waals surface area contributed by atoms with Crippen molar-refractivity contribution in [2.45, 2.75) is 157 Å². The lowest BCUT2D eigenvalue weighted by molar-refractivity contribution is 0.591. The average Bonchev–Trinajstić information content (AvgIpc) is 0.725.